The molecule has 0 aromatic heterocycles. The summed E-state index contributed by atoms with van der Waals surface area (Å²) < 4.78 is 0. The molecule has 0 saturated heterocycles. The third-order valence-corrected chi connectivity index (χ3v) is 5.17. The Kier molecular flexibility index (Phi) is 5.13. The molecule has 1 heterocycles. The van der Waals surface area contributed by atoms with Crippen molar-refractivity contribution < 1.29 is 9.59 Å². The summed E-state index contributed by atoms with van der Waals surface area (Å²) in [5.41, 5.74) is 3.33. The zero-order valence-corrected chi connectivity index (χ0v) is 15.9. The molecule has 0 bridgehead atoms. The molecule has 3 aromatic carbocycles. The maximum atomic E-state index is 13.0. The number of halogens is 1. The van der Waals surface area contributed by atoms with Gasteiger partial charge in [-0.25, -0.2) is 0 Å². The van der Waals surface area contributed by atoms with Gasteiger partial charge in [0.15, 0.2) is 0 Å². The van der Waals surface area contributed by atoms with E-state index < -0.39 is 0 Å². The van der Waals surface area contributed by atoms with Gasteiger partial charge in [-0.15, -0.1) is 0 Å². The van der Waals surface area contributed by atoms with Gasteiger partial charge in [-0.2, -0.15) is 0 Å². The fourth-order valence-corrected chi connectivity index (χ4v) is 3.71. The number of rotatable bonds is 5. The fraction of sp³-hybridized carbons (Fsp3) is 0.130. The van der Waals surface area contributed by atoms with Crippen molar-refractivity contribution in [3.8, 4) is 0 Å². The van der Waals surface area contributed by atoms with Crippen molar-refractivity contribution in [1.29, 1.82) is 0 Å². The highest BCUT2D eigenvalue weighted by Gasteiger charge is 2.36. The van der Waals surface area contributed by atoms with Crippen LogP contribution < -0.4 is 5.32 Å². The van der Waals surface area contributed by atoms with Crippen molar-refractivity contribution in [3.05, 3.63) is 106 Å². The lowest BCUT2D eigenvalue weighted by atomic mass is 9.98. The third-order valence-electron chi connectivity index (χ3n) is 4.92. The second-order valence-corrected chi connectivity index (χ2v) is 7.10. The molecule has 0 saturated carbocycles. The van der Waals surface area contributed by atoms with Crippen LogP contribution in [-0.4, -0.2) is 29.8 Å². The number of hydrogen-bond donors (Lipinski definition) is 1. The van der Waals surface area contributed by atoms with E-state index in [1.807, 2.05) is 59.5 Å². The first-order valence-corrected chi connectivity index (χ1v) is 9.51. The quantitative estimate of drug-likeness (QED) is 0.705. The molecular weight excluding hydrogens is 372 g/mol. The second kappa shape index (κ2) is 7.87. The van der Waals surface area contributed by atoms with Crippen LogP contribution >= 0.6 is 11.6 Å². The molecule has 28 heavy (non-hydrogen) atoms. The van der Waals surface area contributed by atoms with Gasteiger partial charge in [0.2, 0.25) is 0 Å². The first-order valence-electron chi connectivity index (χ1n) is 9.14. The van der Waals surface area contributed by atoms with E-state index in [1.54, 1.807) is 24.3 Å². The molecule has 1 N–H and O–H groups in total. The first kappa shape index (κ1) is 18.3. The van der Waals surface area contributed by atoms with E-state index in [9.17, 15) is 9.59 Å². The number of fused-ring (bicyclic) bond motifs is 1. The molecule has 1 aliphatic heterocycles. The normalized spacial score (nSPS) is 15.4. The van der Waals surface area contributed by atoms with Crippen LogP contribution in [0.25, 0.3) is 0 Å². The Bertz CT molecular complexity index is 1000. The summed E-state index contributed by atoms with van der Waals surface area (Å²) in [5.74, 6) is -0.192. The van der Waals surface area contributed by atoms with Gasteiger partial charge in [0, 0.05) is 29.2 Å². The molecule has 2 amide bonds. The average molecular weight is 391 g/mol. The summed E-state index contributed by atoms with van der Waals surface area (Å²) in [7, 11) is 0. The Morgan fingerprint density at radius 2 is 1.61 bits per heavy atom. The summed E-state index contributed by atoms with van der Waals surface area (Å²) in [4.78, 5) is 27.1. The van der Waals surface area contributed by atoms with Crippen molar-refractivity contribution in [2.75, 3.05) is 13.1 Å². The van der Waals surface area contributed by atoms with Crippen LogP contribution in [0.1, 0.15) is 37.9 Å². The van der Waals surface area contributed by atoms with Crippen molar-refractivity contribution in [2.45, 2.75) is 6.04 Å². The van der Waals surface area contributed by atoms with Gasteiger partial charge in [0.05, 0.1) is 6.04 Å². The lowest BCUT2D eigenvalue weighted by molar-refractivity contribution is 0.0742. The minimum absolute atomic E-state index is 0.00908. The minimum Gasteiger partial charge on any atom is -0.350 e. The molecule has 1 aliphatic rings. The molecule has 0 fully saturated rings. The van der Waals surface area contributed by atoms with Crippen LogP contribution in [0.4, 0.5) is 0 Å². The van der Waals surface area contributed by atoms with E-state index in [1.165, 1.54) is 0 Å². The van der Waals surface area contributed by atoms with E-state index >= 15 is 0 Å². The van der Waals surface area contributed by atoms with Crippen molar-refractivity contribution in [3.63, 3.8) is 0 Å². The standard InChI is InChI=1S/C23H19ClN2O2/c24-18-12-10-17(11-13-18)22(27)25-14-15-26-21(16-6-2-1-3-7-16)19-8-4-5-9-20(19)23(26)28/h1-13,21H,14-15H2,(H,25,27). The topological polar surface area (TPSA) is 49.4 Å². The molecule has 140 valence electrons. The van der Waals surface area contributed by atoms with Gasteiger partial charge in [0.1, 0.15) is 0 Å². The van der Waals surface area contributed by atoms with Gasteiger partial charge in [0.25, 0.3) is 11.8 Å². The van der Waals surface area contributed by atoms with E-state index in [0.717, 1.165) is 16.7 Å². The lowest BCUT2D eigenvalue weighted by Crippen LogP contribution is -2.37. The number of benzene rings is 3. The van der Waals surface area contributed by atoms with Gasteiger partial charge in [-0.05, 0) is 41.5 Å². The molecule has 3 aromatic rings. The van der Waals surface area contributed by atoms with Crippen LogP contribution in [0.3, 0.4) is 0 Å². The number of nitrogens with zero attached hydrogens (tertiary/aromatic N) is 1. The van der Waals surface area contributed by atoms with E-state index in [-0.39, 0.29) is 17.9 Å². The second-order valence-electron chi connectivity index (χ2n) is 6.66. The number of hydrogen-bond acceptors (Lipinski definition) is 2. The molecule has 0 aliphatic carbocycles. The van der Waals surface area contributed by atoms with E-state index in [4.69, 9.17) is 11.6 Å². The lowest BCUT2D eigenvalue weighted by Gasteiger charge is -2.26. The number of amides is 2. The summed E-state index contributed by atoms with van der Waals surface area (Å²) in [5, 5.41) is 3.47. The smallest absolute Gasteiger partial charge is 0.255 e. The van der Waals surface area contributed by atoms with Gasteiger partial charge >= 0.3 is 0 Å². The predicted molar refractivity (Wildman–Crippen MR) is 110 cm³/mol. The number of carbonyl (C=O) groups excluding carboxylic acids is 2. The molecule has 0 spiro atoms. The Labute approximate surface area is 168 Å². The highest BCUT2D eigenvalue weighted by Crippen LogP contribution is 2.37. The predicted octanol–water partition coefficient (Wildman–Crippen LogP) is 4.32. The molecule has 1 unspecified atom stereocenters. The molecule has 4 rings (SSSR count). The fourth-order valence-electron chi connectivity index (χ4n) is 3.59. The van der Waals surface area contributed by atoms with Crippen molar-refractivity contribution in [2.24, 2.45) is 0 Å². The van der Waals surface area contributed by atoms with Crippen LogP contribution in [-0.2, 0) is 0 Å². The largest absolute Gasteiger partial charge is 0.350 e. The Balaban J connectivity index is 1.50. The van der Waals surface area contributed by atoms with Crippen molar-refractivity contribution >= 4 is 23.4 Å². The van der Waals surface area contributed by atoms with E-state index in [0.29, 0.717) is 23.7 Å². The average Bonchev–Trinajstić information content (AvgIpc) is 3.01. The van der Waals surface area contributed by atoms with Gasteiger partial charge < -0.3 is 10.2 Å². The summed E-state index contributed by atoms with van der Waals surface area (Å²) >= 11 is 5.87. The SMILES string of the molecule is O=C(NCCN1C(=O)c2ccccc2C1c1ccccc1)c1ccc(Cl)cc1. The van der Waals surface area contributed by atoms with Crippen LogP contribution in [0.15, 0.2) is 78.9 Å². The molecule has 0 radical (unpaired) electrons. The third kappa shape index (κ3) is 3.51. The minimum atomic E-state index is -0.183. The van der Waals surface area contributed by atoms with Gasteiger partial charge in [-0.1, -0.05) is 60.1 Å². The summed E-state index contributed by atoms with van der Waals surface area (Å²) in [6.45, 7) is 0.789. The van der Waals surface area contributed by atoms with Crippen molar-refractivity contribution in [1.82, 2.24) is 10.2 Å². The Morgan fingerprint density at radius 1 is 0.929 bits per heavy atom. The van der Waals surface area contributed by atoms with Gasteiger partial charge in [-0.3, -0.25) is 9.59 Å². The maximum absolute atomic E-state index is 13.0. The zero-order valence-electron chi connectivity index (χ0n) is 15.1. The zero-order chi connectivity index (χ0) is 19.5. The monoisotopic (exact) mass is 390 g/mol. The van der Waals surface area contributed by atoms with Crippen LogP contribution in [0.2, 0.25) is 5.02 Å². The van der Waals surface area contributed by atoms with Crippen LogP contribution in [0, 0.1) is 0 Å². The molecule has 1 atom stereocenters. The highest BCUT2D eigenvalue weighted by atomic mass is 35.5. The summed E-state index contributed by atoms with van der Waals surface area (Å²) in [6.07, 6.45) is 0. The summed E-state index contributed by atoms with van der Waals surface area (Å²) in [6, 6.07) is 24.2. The Hall–Kier alpha value is -3.11. The van der Waals surface area contributed by atoms with Crippen LogP contribution in [0.5, 0.6) is 0 Å². The number of nitrogens with one attached hydrogen (secondary N) is 1. The van der Waals surface area contributed by atoms with E-state index in [2.05, 4.69) is 5.32 Å². The molecular formula is C23H19ClN2O2. The molecule has 4 nitrogen and oxygen atoms in total. The maximum Gasteiger partial charge on any atom is 0.255 e. The first-order chi connectivity index (χ1) is 13.6. The highest BCUT2D eigenvalue weighted by molar-refractivity contribution is 6.30. The molecule has 5 heteroatoms. The number of carbonyl (C=O) groups is 2. The Morgan fingerprint density at radius 3 is 2.36 bits per heavy atom.